The van der Waals surface area contributed by atoms with Crippen LogP contribution in [0.4, 0.5) is 0 Å². The van der Waals surface area contributed by atoms with Crippen molar-refractivity contribution in [1.82, 2.24) is 0 Å². The third-order valence-corrected chi connectivity index (χ3v) is 6.06. The molecule has 39 heavy (non-hydrogen) atoms. The molecule has 12 heteroatoms. The predicted molar refractivity (Wildman–Crippen MR) is 132 cm³/mol. The van der Waals surface area contributed by atoms with Crippen LogP contribution in [0.15, 0.2) is 54.6 Å². The molecule has 0 aliphatic carbocycles. The second-order valence-corrected chi connectivity index (χ2v) is 8.64. The Bertz CT molecular complexity index is 1490. The van der Waals surface area contributed by atoms with Gasteiger partial charge in [0.05, 0.1) is 0 Å². The molecule has 12 nitrogen and oxygen atoms in total. The van der Waals surface area contributed by atoms with E-state index in [9.17, 15) is 50.1 Å². The van der Waals surface area contributed by atoms with E-state index in [0.717, 1.165) is 30.3 Å². The van der Waals surface area contributed by atoms with E-state index in [-0.39, 0.29) is 40.2 Å². The average Bonchev–Trinajstić information content (AvgIpc) is 3.29. The Kier molecular flexibility index (Phi) is 7.20. The second-order valence-electron chi connectivity index (χ2n) is 8.64. The number of phenolic OH excluding ortho intramolecular Hbond substituents is 5. The summed E-state index contributed by atoms with van der Waals surface area (Å²) in [5.41, 5.74) is 0.664. The van der Waals surface area contributed by atoms with Gasteiger partial charge in [-0.05, 0) is 53.1 Å². The quantitative estimate of drug-likeness (QED) is 0.125. The summed E-state index contributed by atoms with van der Waals surface area (Å²) in [6, 6.07) is 9.83. The van der Waals surface area contributed by atoms with Gasteiger partial charge in [-0.3, -0.25) is 4.79 Å². The van der Waals surface area contributed by atoms with E-state index >= 15 is 0 Å². The van der Waals surface area contributed by atoms with Crippen molar-refractivity contribution in [3.63, 3.8) is 0 Å². The van der Waals surface area contributed by atoms with Crippen LogP contribution in [-0.4, -0.2) is 59.8 Å². The summed E-state index contributed by atoms with van der Waals surface area (Å²) in [6.07, 6.45) is -1.09. The Balaban J connectivity index is 1.59. The monoisotopic (exact) mass is 538 g/mol. The van der Waals surface area contributed by atoms with Gasteiger partial charge in [-0.25, -0.2) is 9.59 Å². The van der Waals surface area contributed by atoms with Gasteiger partial charge in [0.2, 0.25) is 6.10 Å². The summed E-state index contributed by atoms with van der Waals surface area (Å²) in [6.45, 7) is 0. The summed E-state index contributed by atoms with van der Waals surface area (Å²) in [5, 5.41) is 68.2. The molecule has 0 saturated heterocycles. The Labute approximate surface area is 219 Å². The van der Waals surface area contributed by atoms with Gasteiger partial charge in [0.15, 0.2) is 34.5 Å². The molecule has 0 fully saturated rings. The fourth-order valence-electron chi connectivity index (χ4n) is 4.20. The van der Waals surface area contributed by atoms with Gasteiger partial charge >= 0.3 is 17.9 Å². The normalized spacial score (nSPS) is 16.8. The van der Waals surface area contributed by atoms with Crippen molar-refractivity contribution < 1.29 is 59.6 Å². The number of carbonyl (C=O) groups is 3. The van der Waals surface area contributed by atoms with Crippen LogP contribution in [0.25, 0.3) is 6.08 Å². The lowest BCUT2D eigenvalue weighted by atomic mass is 9.88. The number of hydrogen-bond donors (Lipinski definition) is 7. The first-order valence-electron chi connectivity index (χ1n) is 11.4. The van der Waals surface area contributed by atoms with Crippen molar-refractivity contribution in [2.45, 2.75) is 24.5 Å². The smallest absolute Gasteiger partial charge is 0.345 e. The average molecular weight is 538 g/mol. The van der Waals surface area contributed by atoms with Crippen molar-refractivity contribution in [3.8, 4) is 34.5 Å². The SMILES string of the molecule is O=C(/C=C/c1ccc(O)c2c1[C@@H](C(=O)O)[C@@H](c1ccc(O)c(O)c1)O2)O[C@@H](Cc1ccc(O)c(O)c1)C(=O)O. The molecule has 0 saturated carbocycles. The molecule has 0 unspecified atom stereocenters. The fraction of sp³-hybridized carbons (Fsp3) is 0.148. The zero-order chi connectivity index (χ0) is 28.4. The number of aliphatic carboxylic acids is 2. The summed E-state index contributed by atoms with van der Waals surface area (Å²) >= 11 is 0. The lowest BCUT2D eigenvalue weighted by molar-refractivity contribution is -0.160. The summed E-state index contributed by atoms with van der Waals surface area (Å²) in [7, 11) is 0. The number of carboxylic acids is 2. The summed E-state index contributed by atoms with van der Waals surface area (Å²) < 4.78 is 10.8. The van der Waals surface area contributed by atoms with Crippen molar-refractivity contribution in [2.75, 3.05) is 0 Å². The summed E-state index contributed by atoms with van der Waals surface area (Å²) in [5.74, 6) is -7.59. The molecular formula is C27H22O12. The van der Waals surface area contributed by atoms with Crippen LogP contribution < -0.4 is 4.74 Å². The van der Waals surface area contributed by atoms with Gasteiger partial charge in [-0.1, -0.05) is 18.2 Å². The number of esters is 1. The standard InChI is InChI=1S/C27H22O12/c28-15-5-1-12(9-18(15)31)10-20(26(34)35)38-21(33)8-4-13-2-7-17(30)25-22(13)23(27(36)37)24(39-25)14-3-6-16(29)19(32)11-14/h1-9,11,20,23-24,28-32H,10H2,(H,34,35)(H,36,37)/b8-4+/t20-,23+,24+/m0/s1. The van der Waals surface area contributed by atoms with Gasteiger partial charge in [-0.15, -0.1) is 0 Å². The zero-order valence-corrected chi connectivity index (χ0v) is 19.9. The van der Waals surface area contributed by atoms with Crippen LogP contribution in [0.3, 0.4) is 0 Å². The molecule has 1 aliphatic heterocycles. The van der Waals surface area contributed by atoms with Crippen LogP contribution in [0.5, 0.6) is 34.5 Å². The Morgan fingerprint density at radius 3 is 2.10 bits per heavy atom. The van der Waals surface area contributed by atoms with Crippen molar-refractivity contribution in [1.29, 1.82) is 0 Å². The molecule has 202 valence electrons. The van der Waals surface area contributed by atoms with Gasteiger partial charge in [0.1, 0.15) is 12.0 Å². The maximum Gasteiger partial charge on any atom is 0.345 e. The molecule has 3 aromatic carbocycles. The minimum Gasteiger partial charge on any atom is -0.504 e. The first-order chi connectivity index (χ1) is 18.5. The molecule has 0 spiro atoms. The highest BCUT2D eigenvalue weighted by molar-refractivity contribution is 5.91. The van der Waals surface area contributed by atoms with Crippen LogP contribution in [0.2, 0.25) is 0 Å². The first kappa shape index (κ1) is 26.7. The molecule has 3 aromatic rings. The Morgan fingerprint density at radius 1 is 0.846 bits per heavy atom. The Hall–Kier alpha value is -5.39. The van der Waals surface area contributed by atoms with Gasteiger partial charge < -0.3 is 45.2 Å². The van der Waals surface area contributed by atoms with Crippen molar-refractivity contribution >= 4 is 24.0 Å². The molecule has 7 N–H and O–H groups in total. The zero-order valence-electron chi connectivity index (χ0n) is 19.9. The van der Waals surface area contributed by atoms with E-state index in [1.165, 1.54) is 30.3 Å². The minimum atomic E-state index is -1.64. The van der Waals surface area contributed by atoms with Crippen LogP contribution in [0.1, 0.15) is 34.3 Å². The molecule has 0 aromatic heterocycles. The number of ether oxygens (including phenoxy) is 2. The van der Waals surface area contributed by atoms with Gasteiger partial charge in [0.25, 0.3) is 0 Å². The van der Waals surface area contributed by atoms with E-state index in [1.807, 2.05) is 0 Å². The van der Waals surface area contributed by atoms with E-state index in [0.29, 0.717) is 0 Å². The minimum absolute atomic E-state index is 0.0264. The van der Waals surface area contributed by atoms with E-state index in [4.69, 9.17) is 9.47 Å². The van der Waals surface area contributed by atoms with Crippen LogP contribution in [0, 0.1) is 0 Å². The second kappa shape index (κ2) is 10.5. The fourth-order valence-corrected chi connectivity index (χ4v) is 4.20. The lowest BCUT2D eigenvalue weighted by Gasteiger charge is -2.17. The number of hydrogen-bond acceptors (Lipinski definition) is 10. The number of carboxylic acid groups (broad SMARTS) is 2. The highest BCUT2D eigenvalue weighted by Gasteiger charge is 2.43. The number of benzene rings is 3. The van der Waals surface area contributed by atoms with Gasteiger partial charge in [-0.2, -0.15) is 0 Å². The van der Waals surface area contributed by atoms with Gasteiger partial charge in [0, 0.05) is 18.1 Å². The van der Waals surface area contributed by atoms with Crippen molar-refractivity contribution in [2.24, 2.45) is 0 Å². The summed E-state index contributed by atoms with van der Waals surface area (Å²) in [4.78, 5) is 36.4. The maximum absolute atomic E-state index is 12.5. The molecule has 0 radical (unpaired) electrons. The van der Waals surface area contributed by atoms with E-state index in [2.05, 4.69) is 0 Å². The lowest BCUT2D eigenvalue weighted by Crippen LogP contribution is -2.28. The number of rotatable bonds is 8. The largest absolute Gasteiger partial charge is 0.504 e. The molecule has 0 amide bonds. The van der Waals surface area contributed by atoms with Crippen molar-refractivity contribution in [3.05, 3.63) is 76.9 Å². The number of fused-ring (bicyclic) bond motifs is 1. The Morgan fingerprint density at radius 2 is 1.49 bits per heavy atom. The van der Waals surface area contributed by atoms with E-state index < -0.39 is 59.0 Å². The van der Waals surface area contributed by atoms with E-state index in [1.54, 1.807) is 0 Å². The number of aromatic hydroxyl groups is 5. The highest BCUT2D eigenvalue weighted by Crippen LogP contribution is 2.52. The molecular weight excluding hydrogens is 516 g/mol. The molecule has 1 aliphatic rings. The molecule has 3 atom stereocenters. The number of phenols is 5. The van der Waals surface area contributed by atoms with Crippen LogP contribution in [-0.2, 0) is 25.5 Å². The molecule has 4 rings (SSSR count). The third kappa shape index (κ3) is 5.49. The first-order valence-corrected chi connectivity index (χ1v) is 11.4. The molecule has 1 heterocycles. The third-order valence-electron chi connectivity index (χ3n) is 6.06. The number of carbonyl (C=O) groups excluding carboxylic acids is 1. The predicted octanol–water partition coefficient (Wildman–Crippen LogP) is 2.77. The van der Waals surface area contributed by atoms with Crippen LogP contribution >= 0.6 is 0 Å². The maximum atomic E-state index is 12.5. The topological polar surface area (TPSA) is 211 Å². The highest BCUT2D eigenvalue weighted by atomic mass is 16.6. The molecule has 0 bridgehead atoms.